The van der Waals surface area contributed by atoms with Crippen molar-refractivity contribution < 1.29 is 24.9 Å². The van der Waals surface area contributed by atoms with E-state index >= 15 is 0 Å². The van der Waals surface area contributed by atoms with Crippen molar-refractivity contribution in [3.63, 3.8) is 0 Å². The molecule has 0 fully saturated rings. The molecule has 0 radical (unpaired) electrons. The first-order chi connectivity index (χ1) is 5.45. The fourth-order valence-electron chi connectivity index (χ4n) is 0.258. The molecule has 5 heteroatoms. The minimum atomic E-state index is -1.27. The third-order valence-corrected chi connectivity index (χ3v) is 0.667. The highest BCUT2D eigenvalue weighted by Crippen LogP contribution is 1.95. The maximum absolute atomic E-state index is 9.87. The highest BCUT2D eigenvalue weighted by Gasteiger charge is 2.07. The molecule has 0 amide bonds. The fraction of sp³-hybridized carbons (Fsp3) is 0.429. The number of hydrogen-bond acceptors (Lipinski definition) is 3. The monoisotopic (exact) mass is 176 g/mol. The van der Waals surface area contributed by atoms with Crippen LogP contribution in [0.3, 0.4) is 0 Å². The van der Waals surface area contributed by atoms with Crippen molar-refractivity contribution in [1.29, 1.82) is 0 Å². The van der Waals surface area contributed by atoms with Gasteiger partial charge in [-0.3, -0.25) is 4.79 Å². The van der Waals surface area contributed by atoms with Crippen LogP contribution in [-0.4, -0.2) is 33.9 Å². The molecular formula is C7H12O5. The maximum atomic E-state index is 9.87. The van der Waals surface area contributed by atoms with Gasteiger partial charge in [-0.25, -0.2) is 4.79 Å². The number of aliphatic carboxylic acids is 2. The summed E-state index contributed by atoms with van der Waals surface area (Å²) in [5.41, 5.74) is -0.303. The summed E-state index contributed by atoms with van der Waals surface area (Å²) in [6, 6.07) is 0. The summed E-state index contributed by atoms with van der Waals surface area (Å²) in [6.07, 6.45) is -0.505. The Hall–Kier alpha value is -1.36. The third kappa shape index (κ3) is 11.4. The zero-order valence-electron chi connectivity index (χ0n) is 6.78. The lowest BCUT2D eigenvalue weighted by molar-refractivity contribution is -0.139. The number of carboxylic acid groups (broad SMARTS) is 2. The second kappa shape index (κ2) is 7.74. The van der Waals surface area contributed by atoms with Gasteiger partial charge < -0.3 is 15.3 Å². The highest BCUT2D eigenvalue weighted by molar-refractivity contribution is 5.91. The zero-order chi connectivity index (χ0) is 10.1. The van der Waals surface area contributed by atoms with Gasteiger partial charge in [0.25, 0.3) is 0 Å². The minimum Gasteiger partial charge on any atom is -0.481 e. The van der Waals surface area contributed by atoms with Crippen molar-refractivity contribution in [2.75, 3.05) is 6.61 Å². The van der Waals surface area contributed by atoms with Gasteiger partial charge in [0.2, 0.25) is 0 Å². The van der Waals surface area contributed by atoms with E-state index in [1.54, 1.807) is 6.92 Å². The Bertz CT molecular complexity index is 173. The van der Waals surface area contributed by atoms with Crippen LogP contribution in [-0.2, 0) is 9.59 Å². The van der Waals surface area contributed by atoms with E-state index in [1.807, 2.05) is 0 Å². The lowest BCUT2D eigenvalue weighted by atomic mass is 10.2. The van der Waals surface area contributed by atoms with E-state index in [9.17, 15) is 9.59 Å². The molecule has 0 aromatic rings. The summed E-state index contributed by atoms with van der Waals surface area (Å²) < 4.78 is 0. The molecule has 0 atom stereocenters. The highest BCUT2D eigenvalue weighted by atomic mass is 16.4. The predicted molar refractivity (Wildman–Crippen MR) is 41.8 cm³/mol. The summed E-state index contributed by atoms with van der Waals surface area (Å²) in [4.78, 5) is 19.7. The largest absolute Gasteiger partial charge is 0.481 e. The molecule has 3 N–H and O–H groups in total. The Morgan fingerprint density at radius 3 is 1.75 bits per heavy atom. The van der Waals surface area contributed by atoms with E-state index in [0.717, 1.165) is 0 Å². The second-order valence-electron chi connectivity index (χ2n) is 1.80. The van der Waals surface area contributed by atoms with Crippen LogP contribution >= 0.6 is 0 Å². The van der Waals surface area contributed by atoms with Crippen LogP contribution < -0.4 is 0 Å². The minimum absolute atomic E-state index is 0.250. The Morgan fingerprint density at radius 1 is 1.33 bits per heavy atom. The molecule has 0 aliphatic carbocycles. The molecular weight excluding hydrogens is 164 g/mol. The molecule has 70 valence electrons. The van der Waals surface area contributed by atoms with Gasteiger partial charge in [-0.2, -0.15) is 0 Å². The number of carboxylic acids is 2. The van der Waals surface area contributed by atoms with E-state index in [-0.39, 0.29) is 12.2 Å². The van der Waals surface area contributed by atoms with Gasteiger partial charge in [0.05, 0.1) is 6.42 Å². The van der Waals surface area contributed by atoms with Crippen molar-refractivity contribution in [2.45, 2.75) is 13.3 Å². The Labute approximate surface area is 70.0 Å². The van der Waals surface area contributed by atoms with Gasteiger partial charge in [-0.05, 0) is 6.92 Å². The fourth-order valence-corrected chi connectivity index (χ4v) is 0.258. The summed E-state index contributed by atoms with van der Waals surface area (Å²) in [7, 11) is 0. The summed E-state index contributed by atoms with van der Waals surface area (Å²) in [5, 5.41) is 23.6. The van der Waals surface area contributed by atoms with E-state index in [0.29, 0.717) is 0 Å². The summed E-state index contributed by atoms with van der Waals surface area (Å²) >= 11 is 0. The van der Waals surface area contributed by atoms with Crippen LogP contribution in [0.15, 0.2) is 12.2 Å². The Morgan fingerprint density at radius 2 is 1.67 bits per heavy atom. The first kappa shape index (κ1) is 13.2. The van der Waals surface area contributed by atoms with E-state index in [1.165, 1.54) is 0 Å². The van der Waals surface area contributed by atoms with Crippen LogP contribution in [0.2, 0.25) is 0 Å². The molecule has 0 aliphatic heterocycles. The molecule has 12 heavy (non-hydrogen) atoms. The van der Waals surface area contributed by atoms with Gasteiger partial charge >= 0.3 is 11.9 Å². The topological polar surface area (TPSA) is 94.8 Å². The molecule has 0 unspecified atom stereocenters. The molecule has 0 saturated heterocycles. The molecule has 0 saturated carbocycles. The van der Waals surface area contributed by atoms with Crippen molar-refractivity contribution in [2.24, 2.45) is 0 Å². The van der Waals surface area contributed by atoms with Crippen molar-refractivity contribution in [1.82, 2.24) is 0 Å². The van der Waals surface area contributed by atoms with E-state index < -0.39 is 18.4 Å². The van der Waals surface area contributed by atoms with E-state index in [4.69, 9.17) is 15.3 Å². The SMILES string of the molecule is C=C(CC(=O)O)C(=O)O.CCO. The first-order valence-corrected chi connectivity index (χ1v) is 3.19. The first-order valence-electron chi connectivity index (χ1n) is 3.19. The van der Waals surface area contributed by atoms with Crippen LogP contribution in [0.5, 0.6) is 0 Å². The van der Waals surface area contributed by atoms with Gasteiger partial charge in [0, 0.05) is 12.2 Å². The number of rotatable bonds is 3. The molecule has 0 rings (SSSR count). The van der Waals surface area contributed by atoms with Crippen molar-refractivity contribution in [3.8, 4) is 0 Å². The van der Waals surface area contributed by atoms with Gasteiger partial charge in [0.1, 0.15) is 0 Å². The Balaban J connectivity index is 0. The van der Waals surface area contributed by atoms with E-state index in [2.05, 4.69) is 6.58 Å². The maximum Gasteiger partial charge on any atom is 0.331 e. The zero-order valence-corrected chi connectivity index (χ0v) is 6.78. The average Bonchev–Trinajstić information content (AvgIpc) is 1.87. The van der Waals surface area contributed by atoms with Crippen LogP contribution in [0.1, 0.15) is 13.3 Å². The lowest BCUT2D eigenvalue weighted by Gasteiger charge is -1.91. The standard InChI is InChI=1S/C5H6O4.C2H6O/c1-3(5(8)9)2-4(6)7;1-2-3/h1-2H2,(H,6,7)(H,8,9);3H,2H2,1H3. The molecule has 5 nitrogen and oxygen atoms in total. The summed E-state index contributed by atoms with van der Waals surface area (Å²) in [5.74, 6) is -2.44. The van der Waals surface area contributed by atoms with Gasteiger partial charge in [-0.15, -0.1) is 0 Å². The average molecular weight is 176 g/mol. The number of aliphatic hydroxyl groups is 1. The molecule has 0 heterocycles. The lowest BCUT2D eigenvalue weighted by Crippen LogP contribution is -2.04. The number of hydrogen-bond donors (Lipinski definition) is 3. The predicted octanol–water partition coefficient (Wildman–Crippen LogP) is 0.101. The van der Waals surface area contributed by atoms with Crippen LogP contribution in [0.25, 0.3) is 0 Å². The number of aliphatic hydroxyl groups excluding tert-OH is 1. The molecule has 0 aromatic carbocycles. The third-order valence-electron chi connectivity index (χ3n) is 0.667. The molecule has 0 aromatic heterocycles. The molecule has 0 spiro atoms. The smallest absolute Gasteiger partial charge is 0.331 e. The number of carbonyl (C=O) groups is 2. The van der Waals surface area contributed by atoms with Crippen molar-refractivity contribution in [3.05, 3.63) is 12.2 Å². The van der Waals surface area contributed by atoms with Crippen LogP contribution in [0.4, 0.5) is 0 Å². The second-order valence-corrected chi connectivity index (χ2v) is 1.80. The van der Waals surface area contributed by atoms with Crippen LogP contribution in [0, 0.1) is 0 Å². The van der Waals surface area contributed by atoms with Gasteiger partial charge in [0.15, 0.2) is 0 Å². The van der Waals surface area contributed by atoms with Crippen molar-refractivity contribution >= 4 is 11.9 Å². The van der Waals surface area contributed by atoms with Gasteiger partial charge in [-0.1, -0.05) is 6.58 Å². The summed E-state index contributed by atoms with van der Waals surface area (Å²) in [6.45, 7) is 4.94. The molecule has 0 bridgehead atoms. The molecule has 0 aliphatic rings. The Kier molecular flexibility index (Phi) is 8.55. The normalized spacial score (nSPS) is 7.83. The quantitative estimate of drug-likeness (QED) is 0.530.